The van der Waals surface area contributed by atoms with Crippen LogP contribution >= 0.6 is 0 Å². The molecular weight excluding hydrogens is 371 g/mol. The number of anilines is 1. The van der Waals surface area contributed by atoms with E-state index in [0.29, 0.717) is 43.5 Å². The van der Waals surface area contributed by atoms with E-state index >= 15 is 0 Å². The maximum Gasteiger partial charge on any atom is 0.223 e. The summed E-state index contributed by atoms with van der Waals surface area (Å²) in [5.74, 6) is 0.337. The summed E-state index contributed by atoms with van der Waals surface area (Å²) in [5.41, 5.74) is 1.84. The molecule has 3 heterocycles. The normalized spacial score (nSPS) is 19.4. The first-order valence-corrected chi connectivity index (χ1v) is 10.9. The lowest BCUT2D eigenvalue weighted by atomic mass is 10.1. The third-order valence-corrected chi connectivity index (χ3v) is 6.44. The Morgan fingerprint density at radius 2 is 1.93 bits per heavy atom. The summed E-state index contributed by atoms with van der Waals surface area (Å²) >= 11 is 0. The third-order valence-electron chi connectivity index (χ3n) is 5.14. The van der Waals surface area contributed by atoms with Gasteiger partial charge in [-0.05, 0) is 31.7 Å². The maximum atomic E-state index is 14.4. The molecule has 10 heteroatoms. The van der Waals surface area contributed by atoms with Crippen LogP contribution in [-0.4, -0.2) is 57.9 Å². The number of piperidine rings is 1. The van der Waals surface area contributed by atoms with Gasteiger partial charge in [-0.1, -0.05) is 0 Å². The number of hydrogen-bond donors (Lipinski definition) is 1. The molecular formula is C17H23FN6O2S. The first kappa shape index (κ1) is 18.3. The van der Waals surface area contributed by atoms with Crippen molar-refractivity contribution in [1.29, 1.82) is 0 Å². The van der Waals surface area contributed by atoms with Gasteiger partial charge in [0.15, 0.2) is 5.82 Å². The molecule has 1 saturated heterocycles. The van der Waals surface area contributed by atoms with Gasteiger partial charge < -0.3 is 5.32 Å². The minimum Gasteiger partial charge on any atom is -0.351 e. The highest BCUT2D eigenvalue weighted by Crippen LogP contribution is 2.40. The number of hydrogen-bond acceptors (Lipinski definition) is 6. The summed E-state index contributed by atoms with van der Waals surface area (Å²) in [5, 5.41) is 7.69. The zero-order chi connectivity index (χ0) is 19.2. The van der Waals surface area contributed by atoms with Crippen LogP contribution in [0.3, 0.4) is 0 Å². The molecule has 2 aliphatic rings. The van der Waals surface area contributed by atoms with Crippen molar-refractivity contribution in [3.05, 3.63) is 23.8 Å². The largest absolute Gasteiger partial charge is 0.351 e. The van der Waals surface area contributed by atoms with Gasteiger partial charge in [0.2, 0.25) is 16.0 Å². The van der Waals surface area contributed by atoms with Crippen molar-refractivity contribution in [2.75, 3.05) is 24.7 Å². The Bertz CT molecular complexity index is 948. The molecule has 0 spiro atoms. The van der Waals surface area contributed by atoms with Crippen molar-refractivity contribution in [3.63, 3.8) is 0 Å². The molecule has 1 N–H and O–H groups in total. The Morgan fingerprint density at radius 3 is 2.56 bits per heavy atom. The topological polar surface area (TPSA) is 93.0 Å². The van der Waals surface area contributed by atoms with E-state index in [1.807, 2.05) is 6.07 Å². The quantitative estimate of drug-likeness (QED) is 0.830. The van der Waals surface area contributed by atoms with Gasteiger partial charge in [0.05, 0.1) is 23.8 Å². The highest BCUT2D eigenvalue weighted by Gasteiger charge is 2.28. The maximum absolute atomic E-state index is 14.4. The van der Waals surface area contributed by atoms with Crippen LogP contribution in [-0.2, 0) is 17.1 Å². The lowest BCUT2D eigenvalue weighted by Crippen LogP contribution is -2.42. The molecule has 2 aromatic heterocycles. The summed E-state index contributed by atoms with van der Waals surface area (Å²) < 4.78 is 40.7. The van der Waals surface area contributed by atoms with E-state index in [9.17, 15) is 12.8 Å². The van der Waals surface area contributed by atoms with Gasteiger partial charge in [-0.25, -0.2) is 27.1 Å². The number of halogens is 1. The second kappa shape index (κ2) is 6.83. The molecule has 2 fully saturated rings. The SMILES string of the molecule is Cn1nc(C2CC2)cc1-c1nc(NC2CCN(S(C)(=O)=O)CC2)ncc1F. The average Bonchev–Trinajstić information content (AvgIpc) is 3.39. The minimum absolute atomic E-state index is 0.0508. The zero-order valence-corrected chi connectivity index (χ0v) is 16.2. The van der Waals surface area contributed by atoms with Crippen LogP contribution in [0.15, 0.2) is 12.3 Å². The number of aryl methyl sites for hydroxylation is 1. The highest BCUT2D eigenvalue weighted by atomic mass is 32.2. The van der Waals surface area contributed by atoms with Crippen LogP contribution in [0.5, 0.6) is 0 Å². The number of sulfonamides is 1. The molecule has 0 aromatic carbocycles. The van der Waals surface area contributed by atoms with E-state index < -0.39 is 15.8 Å². The van der Waals surface area contributed by atoms with Crippen LogP contribution < -0.4 is 5.32 Å². The zero-order valence-electron chi connectivity index (χ0n) is 15.4. The molecule has 0 amide bonds. The number of nitrogens with one attached hydrogen (secondary N) is 1. The predicted octanol–water partition coefficient (Wildman–Crippen LogP) is 1.73. The minimum atomic E-state index is -3.16. The molecule has 1 saturated carbocycles. The van der Waals surface area contributed by atoms with Crippen molar-refractivity contribution < 1.29 is 12.8 Å². The van der Waals surface area contributed by atoms with E-state index in [-0.39, 0.29) is 11.7 Å². The lowest BCUT2D eigenvalue weighted by Gasteiger charge is -2.30. The number of nitrogens with zero attached hydrogens (tertiary/aromatic N) is 5. The van der Waals surface area contributed by atoms with E-state index in [4.69, 9.17) is 0 Å². The van der Waals surface area contributed by atoms with Gasteiger partial charge in [-0.3, -0.25) is 4.68 Å². The molecule has 2 aromatic rings. The van der Waals surface area contributed by atoms with Gasteiger partial charge >= 0.3 is 0 Å². The highest BCUT2D eigenvalue weighted by molar-refractivity contribution is 7.88. The molecule has 0 radical (unpaired) electrons. The smallest absolute Gasteiger partial charge is 0.223 e. The fourth-order valence-corrected chi connectivity index (χ4v) is 4.29. The molecule has 0 bridgehead atoms. The Kier molecular flexibility index (Phi) is 4.63. The Hall–Kier alpha value is -2.07. The first-order valence-electron chi connectivity index (χ1n) is 9.10. The van der Waals surface area contributed by atoms with Crippen molar-refractivity contribution in [2.24, 2.45) is 7.05 Å². The Morgan fingerprint density at radius 1 is 1.22 bits per heavy atom. The molecule has 0 atom stereocenters. The van der Waals surface area contributed by atoms with Crippen molar-refractivity contribution >= 4 is 16.0 Å². The van der Waals surface area contributed by atoms with Crippen LogP contribution in [0.25, 0.3) is 11.4 Å². The van der Waals surface area contributed by atoms with Crippen molar-refractivity contribution in [3.8, 4) is 11.4 Å². The van der Waals surface area contributed by atoms with Gasteiger partial charge in [-0.15, -0.1) is 0 Å². The standard InChI is InChI=1S/C17H23FN6O2S/c1-23-15(9-14(22-23)11-3-4-11)16-13(18)10-19-17(21-16)20-12-5-7-24(8-6-12)27(2,25)26/h9-12H,3-8H2,1-2H3,(H,19,20,21). The van der Waals surface area contributed by atoms with Crippen LogP contribution in [0.1, 0.15) is 37.3 Å². The predicted molar refractivity (Wildman–Crippen MR) is 99.2 cm³/mol. The fraction of sp³-hybridized carbons (Fsp3) is 0.588. The molecule has 27 heavy (non-hydrogen) atoms. The van der Waals surface area contributed by atoms with E-state index in [0.717, 1.165) is 18.5 Å². The van der Waals surface area contributed by atoms with E-state index in [1.54, 1.807) is 11.7 Å². The Balaban J connectivity index is 1.50. The van der Waals surface area contributed by atoms with Gasteiger partial charge in [0.25, 0.3) is 0 Å². The summed E-state index contributed by atoms with van der Waals surface area (Å²) in [4.78, 5) is 8.42. The number of aromatic nitrogens is 4. The summed E-state index contributed by atoms with van der Waals surface area (Å²) in [6.45, 7) is 0.911. The summed E-state index contributed by atoms with van der Waals surface area (Å²) in [7, 11) is -1.37. The second-order valence-electron chi connectivity index (χ2n) is 7.32. The number of rotatable bonds is 5. The monoisotopic (exact) mass is 394 g/mol. The fourth-order valence-electron chi connectivity index (χ4n) is 3.42. The molecule has 8 nitrogen and oxygen atoms in total. The molecule has 1 aliphatic carbocycles. The van der Waals surface area contributed by atoms with Crippen LogP contribution in [0.2, 0.25) is 0 Å². The molecule has 146 valence electrons. The second-order valence-corrected chi connectivity index (χ2v) is 9.31. The van der Waals surface area contributed by atoms with Gasteiger partial charge in [-0.2, -0.15) is 5.10 Å². The molecule has 0 unspecified atom stereocenters. The van der Waals surface area contributed by atoms with Crippen molar-refractivity contribution in [1.82, 2.24) is 24.1 Å². The van der Waals surface area contributed by atoms with Crippen LogP contribution in [0.4, 0.5) is 10.3 Å². The van der Waals surface area contributed by atoms with E-state index in [1.165, 1.54) is 16.8 Å². The van der Waals surface area contributed by atoms with Gasteiger partial charge in [0.1, 0.15) is 5.69 Å². The van der Waals surface area contributed by atoms with E-state index in [2.05, 4.69) is 20.4 Å². The Labute approximate surface area is 157 Å². The molecule has 4 rings (SSSR count). The lowest BCUT2D eigenvalue weighted by molar-refractivity contribution is 0.331. The summed E-state index contributed by atoms with van der Waals surface area (Å²) in [6, 6.07) is 1.95. The average molecular weight is 394 g/mol. The van der Waals surface area contributed by atoms with Crippen LogP contribution in [0, 0.1) is 5.82 Å². The molecule has 1 aliphatic heterocycles. The third kappa shape index (κ3) is 3.96. The first-order chi connectivity index (χ1) is 12.8. The van der Waals surface area contributed by atoms with Gasteiger partial charge in [0, 0.05) is 32.1 Å². The summed E-state index contributed by atoms with van der Waals surface area (Å²) in [6.07, 6.45) is 5.95. The van der Waals surface area contributed by atoms with Crippen molar-refractivity contribution in [2.45, 2.75) is 37.6 Å².